The Morgan fingerprint density at radius 2 is 1.54 bits per heavy atom. The van der Waals surface area contributed by atoms with Crippen molar-refractivity contribution in [2.24, 2.45) is 0 Å². The molecule has 0 radical (unpaired) electrons. The molecule has 2 amide bonds. The predicted octanol–water partition coefficient (Wildman–Crippen LogP) is 7.58. The van der Waals surface area contributed by atoms with Crippen molar-refractivity contribution >= 4 is 49.8 Å². The number of rotatable bonds is 11. The molecular formula is C42H42N8O5S. The number of urea groups is 1. The highest BCUT2D eigenvalue weighted by Crippen LogP contribution is 2.34. The lowest BCUT2D eigenvalue weighted by Crippen LogP contribution is -2.46. The van der Waals surface area contributed by atoms with Gasteiger partial charge in [-0.25, -0.2) is 23.2 Å². The van der Waals surface area contributed by atoms with E-state index < -0.39 is 26.7 Å². The van der Waals surface area contributed by atoms with Crippen LogP contribution in [-0.4, -0.2) is 79.4 Å². The lowest BCUT2D eigenvalue weighted by Gasteiger charge is -2.36. The molecule has 7 rings (SSSR count). The maximum atomic E-state index is 13.7. The molecule has 1 aliphatic heterocycles. The third kappa shape index (κ3) is 8.02. The molecule has 13 nitrogen and oxygen atoms in total. The van der Waals surface area contributed by atoms with Crippen LogP contribution in [0.4, 0.5) is 27.7 Å². The fourth-order valence-corrected chi connectivity index (χ4v) is 8.08. The topological polar surface area (TPSA) is 145 Å². The number of hydrogen-bond donors (Lipinski definition) is 1. The molecule has 56 heavy (non-hydrogen) atoms. The van der Waals surface area contributed by atoms with E-state index in [1.165, 1.54) is 47.1 Å². The highest BCUT2D eigenvalue weighted by molar-refractivity contribution is 7.92. The largest absolute Gasteiger partial charge is 0.369 e. The number of sulfonamides is 1. The molecule has 2 heterocycles. The Bertz CT molecular complexity index is 2480. The van der Waals surface area contributed by atoms with Gasteiger partial charge in [-0.3, -0.25) is 24.6 Å². The van der Waals surface area contributed by atoms with E-state index in [4.69, 9.17) is 0 Å². The number of benzene rings is 5. The molecule has 286 valence electrons. The molecule has 6 aromatic rings. The van der Waals surface area contributed by atoms with E-state index in [-0.39, 0.29) is 22.4 Å². The summed E-state index contributed by atoms with van der Waals surface area (Å²) in [5.74, 6) is 0.0407. The second kappa shape index (κ2) is 16.2. The SMILES string of the molecule is CC(c1ccccc1)N(C)C(=O)N(C)c1ccc(S(=O)(=O)Nc2ncnc3cc(N4CCN(Cc5ccccc5-c5ccccc5)CC4)ccc23)cc1[N+](=O)[O-]. The number of fused-ring (bicyclic) bond motifs is 1. The van der Waals surface area contributed by atoms with Gasteiger partial charge in [0.25, 0.3) is 15.7 Å². The Kier molecular flexibility index (Phi) is 10.9. The molecule has 1 atom stereocenters. The van der Waals surface area contributed by atoms with Crippen LogP contribution in [0, 0.1) is 10.1 Å². The zero-order valence-electron chi connectivity index (χ0n) is 31.3. The molecule has 1 N–H and O–H groups in total. The average Bonchev–Trinajstić information content (AvgIpc) is 3.23. The Morgan fingerprint density at radius 3 is 2.25 bits per heavy atom. The smallest absolute Gasteiger partial charge is 0.324 e. The van der Waals surface area contributed by atoms with Crippen molar-refractivity contribution in [3.05, 3.63) is 149 Å². The Morgan fingerprint density at radius 1 is 0.857 bits per heavy atom. The third-order valence-electron chi connectivity index (χ3n) is 10.4. The van der Waals surface area contributed by atoms with Crippen molar-refractivity contribution in [1.82, 2.24) is 19.8 Å². The number of nitrogens with zero attached hydrogens (tertiary/aromatic N) is 7. The molecule has 0 saturated carbocycles. The van der Waals surface area contributed by atoms with Gasteiger partial charge in [0.05, 0.1) is 21.4 Å². The second-order valence-electron chi connectivity index (χ2n) is 13.8. The van der Waals surface area contributed by atoms with Gasteiger partial charge >= 0.3 is 6.03 Å². The Balaban J connectivity index is 1.04. The maximum absolute atomic E-state index is 13.7. The van der Waals surface area contributed by atoms with Crippen LogP contribution in [0.5, 0.6) is 0 Å². The van der Waals surface area contributed by atoms with E-state index in [1.807, 2.05) is 55.5 Å². The van der Waals surface area contributed by atoms with Gasteiger partial charge in [0.2, 0.25) is 0 Å². The number of amides is 2. The van der Waals surface area contributed by atoms with Crippen LogP contribution in [0.1, 0.15) is 24.1 Å². The number of nitro groups is 1. The highest BCUT2D eigenvalue weighted by atomic mass is 32.2. The summed E-state index contributed by atoms with van der Waals surface area (Å²) in [6.45, 7) is 6.05. The van der Waals surface area contributed by atoms with Gasteiger partial charge in [-0.1, -0.05) is 84.9 Å². The van der Waals surface area contributed by atoms with E-state index in [2.05, 4.69) is 73.0 Å². The Hall–Kier alpha value is -6.38. The lowest BCUT2D eigenvalue weighted by molar-refractivity contribution is -0.384. The van der Waals surface area contributed by atoms with E-state index in [1.54, 1.807) is 13.1 Å². The van der Waals surface area contributed by atoms with Gasteiger partial charge in [-0.05, 0) is 59.5 Å². The number of hydrogen-bond acceptors (Lipinski definition) is 9. The van der Waals surface area contributed by atoms with Crippen LogP contribution in [0.3, 0.4) is 0 Å². The van der Waals surface area contributed by atoms with E-state index >= 15 is 0 Å². The zero-order valence-corrected chi connectivity index (χ0v) is 32.1. The summed E-state index contributed by atoms with van der Waals surface area (Å²) in [5, 5.41) is 12.7. The Labute approximate surface area is 326 Å². The van der Waals surface area contributed by atoms with Crippen molar-refractivity contribution in [3.63, 3.8) is 0 Å². The average molecular weight is 771 g/mol. The number of nitro benzene ring substituents is 1. The van der Waals surface area contributed by atoms with Crippen LogP contribution in [0.2, 0.25) is 0 Å². The van der Waals surface area contributed by atoms with Gasteiger partial charge in [0.1, 0.15) is 12.0 Å². The predicted molar refractivity (Wildman–Crippen MR) is 219 cm³/mol. The van der Waals surface area contributed by atoms with Crippen molar-refractivity contribution in [2.45, 2.75) is 24.4 Å². The third-order valence-corrected chi connectivity index (χ3v) is 11.7. The van der Waals surface area contributed by atoms with Crippen molar-refractivity contribution < 1.29 is 18.1 Å². The number of aromatic nitrogens is 2. The van der Waals surface area contributed by atoms with Crippen LogP contribution < -0.4 is 14.5 Å². The molecule has 1 saturated heterocycles. The van der Waals surface area contributed by atoms with Gasteiger partial charge in [-0.2, -0.15) is 0 Å². The number of nitrogens with one attached hydrogen (secondary N) is 1. The molecule has 14 heteroatoms. The molecule has 1 unspecified atom stereocenters. The summed E-state index contributed by atoms with van der Waals surface area (Å²) in [6.07, 6.45) is 1.28. The first-order chi connectivity index (χ1) is 27.0. The molecular weight excluding hydrogens is 729 g/mol. The first kappa shape index (κ1) is 37.9. The number of anilines is 3. The second-order valence-corrected chi connectivity index (χ2v) is 15.4. The van der Waals surface area contributed by atoms with E-state index in [0.717, 1.165) is 54.9 Å². The summed E-state index contributed by atoms with van der Waals surface area (Å²) >= 11 is 0. The molecule has 0 spiro atoms. The summed E-state index contributed by atoms with van der Waals surface area (Å²) in [4.78, 5) is 40.6. The summed E-state index contributed by atoms with van der Waals surface area (Å²) in [6, 6.07) is 36.6. The molecule has 0 bridgehead atoms. The molecule has 0 aliphatic carbocycles. The standard InChI is InChI=1S/C42H42N8O5S/c1-30(31-12-6-4-7-13-31)46(2)42(51)47(3)39-21-19-35(27-40(39)50(52)53)56(54,55)45-41-37-20-18-34(26-38(37)43-29-44-41)49-24-22-48(23-25-49)28-33-16-10-11-17-36(33)32-14-8-5-9-15-32/h4-21,26-27,29-30H,22-25,28H2,1-3H3,(H,43,44,45). The number of carbonyl (C=O) groups is 1. The lowest BCUT2D eigenvalue weighted by atomic mass is 9.99. The van der Waals surface area contributed by atoms with Crippen LogP contribution in [-0.2, 0) is 16.6 Å². The highest BCUT2D eigenvalue weighted by Gasteiger charge is 2.29. The van der Waals surface area contributed by atoms with E-state index in [0.29, 0.717) is 10.9 Å². The molecule has 1 aliphatic rings. The summed E-state index contributed by atoms with van der Waals surface area (Å²) in [5.41, 5.74) is 5.54. The first-order valence-electron chi connectivity index (χ1n) is 18.2. The molecule has 1 fully saturated rings. The van der Waals surface area contributed by atoms with Gasteiger partial charge < -0.3 is 9.80 Å². The van der Waals surface area contributed by atoms with Crippen LogP contribution in [0.15, 0.2) is 133 Å². The first-order valence-corrected chi connectivity index (χ1v) is 19.7. The quantitative estimate of drug-likeness (QED) is 0.104. The summed E-state index contributed by atoms with van der Waals surface area (Å²) in [7, 11) is -1.33. The molecule has 1 aromatic heterocycles. The van der Waals surface area contributed by atoms with Gasteiger partial charge in [0.15, 0.2) is 5.82 Å². The van der Waals surface area contributed by atoms with Crippen LogP contribution in [0.25, 0.3) is 22.0 Å². The number of carbonyl (C=O) groups excluding carboxylic acids is 1. The minimum atomic E-state index is -4.35. The van der Waals surface area contributed by atoms with Crippen LogP contribution >= 0.6 is 0 Å². The zero-order chi connectivity index (χ0) is 39.4. The fraction of sp³-hybridized carbons (Fsp3) is 0.214. The minimum absolute atomic E-state index is 0.0407. The van der Waals surface area contributed by atoms with Crippen molar-refractivity contribution in [1.29, 1.82) is 0 Å². The molecule has 5 aromatic carbocycles. The van der Waals surface area contributed by atoms with Crippen molar-refractivity contribution in [2.75, 3.05) is 54.8 Å². The maximum Gasteiger partial charge on any atom is 0.324 e. The minimum Gasteiger partial charge on any atom is -0.369 e. The number of piperazine rings is 1. The monoisotopic (exact) mass is 770 g/mol. The fourth-order valence-electron chi connectivity index (χ4n) is 7.03. The van der Waals surface area contributed by atoms with Gasteiger partial charge in [-0.15, -0.1) is 0 Å². The van der Waals surface area contributed by atoms with E-state index in [9.17, 15) is 23.3 Å². The van der Waals surface area contributed by atoms with Crippen molar-refractivity contribution in [3.8, 4) is 11.1 Å². The van der Waals surface area contributed by atoms with Gasteiger partial charge in [0, 0.05) is 64.0 Å². The summed E-state index contributed by atoms with van der Waals surface area (Å²) < 4.78 is 29.8. The normalized spacial score (nSPS) is 13.9.